The Balaban J connectivity index is 1.12. The van der Waals surface area contributed by atoms with E-state index >= 15 is 0 Å². The van der Waals surface area contributed by atoms with Gasteiger partial charge in [0, 0.05) is 62.6 Å². The van der Waals surface area contributed by atoms with Crippen molar-refractivity contribution in [3.05, 3.63) is 71.9 Å². The van der Waals surface area contributed by atoms with E-state index in [-0.39, 0.29) is 11.8 Å². The molecule has 0 saturated carbocycles. The Morgan fingerprint density at radius 1 is 0.639 bits per heavy atom. The van der Waals surface area contributed by atoms with E-state index in [1.165, 1.54) is 25.9 Å². The van der Waals surface area contributed by atoms with Gasteiger partial charge in [-0.1, -0.05) is 18.2 Å². The normalized spacial score (nSPS) is 19.8. The van der Waals surface area contributed by atoms with E-state index in [4.69, 9.17) is 0 Å². The summed E-state index contributed by atoms with van der Waals surface area (Å²) < 4.78 is 2.14. The highest BCUT2D eigenvalue weighted by Crippen LogP contribution is 2.25. The van der Waals surface area contributed by atoms with Crippen LogP contribution in [0.25, 0.3) is 5.52 Å². The van der Waals surface area contributed by atoms with Crippen LogP contribution >= 0.6 is 0 Å². The first kappa shape index (κ1) is 23.1. The Kier molecular flexibility index (Phi) is 6.40. The minimum absolute atomic E-state index is 0.0941. The Bertz CT molecular complexity index is 1220. The Morgan fingerprint density at radius 3 is 2.00 bits per heavy atom. The van der Waals surface area contributed by atoms with Gasteiger partial charge in [0.15, 0.2) is 0 Å². The monoisotopic (exact) mass is 485 g/mol. The van der Waals surface area contributed by atoms with Crippen LogP contribution in [0.15, 0.2) is 60.8 Å². The molecule has 2 aromatic heterocycles. The number of nitrogens with zero attached hydrogens (tertiary/aromatic N) is 5. The number of pyridine rings is 1. The fourth-order valence-corrected chi connectivity index (χ4v) is 6.10. The van der Waals surface area contributed by atoms with Crippen LogP contribution in [-0.2, 0) is 0 Å². The Labute approximate surface area is 212 Å². The number of rotatable bonds is 4. The summed E-state index contributed by atoms with van der Waals surface area (Å²) >= 11 is 0. The van der Waals surface area contributed by atoms with E-state index < -0.39 is 0 Å². The number of amides is 2. The Morgan fingerprint density at radius 2 is 1.28 bits per heavy atom. The summed E-state index contributed by atoms with van der Waals surface area (Å²) in [7, 11) is 0. The Hall–Kier alpha value is -3.32. The maximum Gasteiger partial charge on any atom is 0.255 e. The molecule has 36 heavy (non-hydrogen) atoms. The zero-order chi connectivity index (χ0) is 24.5. The topological polar surface area (TPSA) is 51.5 Å². The molecule has 0 radical (unpaired) electrons. The molecule has 3 aliphatic heterocycles. The molecule has 3 saturated heterocycles. The molecule has 6 rings (SSSR count). The lowest BCUT2D eigenvalue weighted by Gasteiger charge is -2.37. The van der Waals surface area contributed by atoms with Crippen molar-refractivity contribution in [2.75, 3.05) is 57.3 Å². The van der Waals surface area contributed by atoms with Gasteiger partial charge in [0.25, 0.3) is 11.8 Å². The van der Waals surface area contributed by atoms with Crippen molar-refractivity contribution in [1.82, 2.24) is 19.1 Å². The van der Waals surface area contributed by atoms with Crippen LogP contribution in [0, 0.1) is 0 Å². The van der Waals surface area contributed by atoms with Gasteiger partial charge in [-0.3, -0.25) is 9.59 Å². The molecule has 0 N–H and O–H groups in total. The van der Waals surface area contributed by atoms with E-state index in [2.05, 4.69) is 26.3 Å². The van der Waals surface area contributed by atoms with E-state index in [1.807, 2.05) is 58.5 Å². The van der Waals surface area contributed by atoms with Crippen molar-refractivity contribution < 1.29 is 9.59 Å². The van der Waals surface area contributed by atoms with Gasteiger partial charge in [-0.05, 0) is 75.2 Å². The molecule has 5 heterocycles. The molecule has 7 nitrogen and oxygen atoms in total. The van der Waals surface area contributed by atoms with Gasteiger partial charge >= 0.3 is 0 Å². The number of anilines is 1. The zero-order valence-corrected chi connectivity index (χ0v) is 20.9. The second-order valence-electron chi connectivity index (χ2n) is 10.3. The van der Waals surface area contributed by atoms with Gasteiger partial charge in [0.05, 0.1) is 5.56 Å². The third-order valence-electron chi connectivity index (χ3n) is 8.20. The van der Waals surface area contributed by atoms with Gasteiger partial charge in [0.2, 0.25) is 0 Å². The second-order valence-corrected chi connectivity index (χ2v) is 10.3. The molecular weight excluding hydrogens is 450 g/mol. The number of fused-ring (bicyclic) bond motifs is 1. The smallest absolute Gasteiger partial charge is 0.255 e. The van der Waals surface area contributed by atoms with Crippen LogP contribution in [0.1, 0.15) is 46.4 Å². The molecule has 7 heteroatoms. The molecule has 0 unspecified atom stereocenters. The van der Waals surface area contributed by atoms with Crippen LogP contribution in [-0.4, -0.2) is 89.3 Å². The quantitative estimate of drug-likeness (QED) is 0.567. The SMILES string of the molecule is O=C(c1ccc2ccc(N3CCN(C(=O)c4ccccc4)CC3)n2c1)N1CCC(N2CCCC2)CC1. The van der Waals surface area contributed by atoms with Gasteiger partial charge < -0.3 is 24.0 Å². The lowest BCUT2D eigenvalue weighted by atomic mass is 10.0. The molecular formula is C29H35N5O2. The van der Waals surface area contributed by atoms with Crippen molar-refractivity contribution in [3.8, 4) is 0 Å². The van der Waals surface area contributed by atoms with Crippen molar-refractivity contribution in [2.45, 2.75) is 31.7 Å². The van der Waals surface area contributed by atoms with Crippen LogP contribution < -0.4 is 4.90 Å². The lowest BCUT2D eigenvalue weighted by molar-refractivity contribution is 0.0643. The van der Waals surface area contributed by atoms with Gasteiger partial charge in [0.1, 0.15) is 5.82 Å². The number of piperidine rings is 1. The highest BCUT2D eigenvalue weighted by Gasteiger charge is 2.29. The number of likely N-dealkylation sites (tertiary alicyclic amines) is 2. The van der Waals surface area contributed by atoms with Crippen molar-refractivity contribution in [1.29, 1.82) is 0 Å². The molecule has 0 bridgehead atoms. The standard InChI is InChI=1S/C29H35N5O2/c35-28(23-6-2-1-3-7-23)33-20-18-31(19-21-33)27-11-10-26-9-8-24(22-34(26)27)29(36)32-16-12-25(13-17-32)30-14-4-5-15-30/h1-3,6-11,22,25H,4-5,12-21H2. The minimum atomic E-state index is 0.0941. The number of aromatic nitrogens is 1. The van der Waals surface area contributed by atoms with Crippen LogP contribution in [0.2, 0.25) is 0 Å². The third-order valence-corrected chi connectivity index (χ3v) is 8.20. The largest absolute Gasteiger partial charge is 0.354 e. The lowest BCUT2D eigenvalue weighted by Crippen LogP contribution is -2.49. The summed E-state index contributed by atoms with van der Waals surface area (Å²) in [5.74, 6) is 1.31. The summed E-state index contributed by atoms with van der Waals surface area (Å²) in [4.78, 5) is 35.1. The number of hydrogen-bond donors (Lipinski definition) is 0. The fourth-order valence-electron chi connectivity index (χ4n) is 6.10. The predicted octanol–water partition coefficient (Wildman–Crippen LogP) is 3.60. The van der Waals surface area contributed by atoms with Gasteiger partial charge in [-0.2, -0.15) is 0 Å². The average Bonchev–Trinajstić information content (AvgIpc) is 3.63. The maximum absolute atomic E-state index is 13.4. The van der Waals surface area contributed by atoms with Gasteiger partial charge in [-0.25, -0.2) is 0 Å². The van der Waals surface area contributed by atoms with E-state index in [9.17, 15) is 9.59 Å². The van der Waals surface area contributed by atoms with E-state index in [0.29, 0.717) is 19.1 Å². The van der Waals surface area contributed by atoms with Crippen molar-refractivity contribution in [2.24, 2.45) is 0 Å². The number of piperazine rings is 1. The van der Waals surface area contributed by atoms with Crippen LogP contribution in [0.5, 0.6) is 0 Å². The molecule has 0 atom stereocenters. The molecule has 3 aliphatic rings. The summed E-state index contributed by atoms with van der Waals surface area (Å²) in [5.41, 5.74) is 2.57. The molecule has 0 aliphatic carbocycles. The minimum Gasteiger partial charge on any atom is -0.354 e. The van der Waals surface area contributed by atoms with E-state index in [1.54, 1.807) is 0 Å². The molecule has 188 valence electrons. The second kappa shape index (κ2) is 9.97. The molecule has 3 fully saturated rings. The predicted molar refractivity (Wildman–Crippen MR) is 142 cm³/mol. The zero-order valence-electron chi connectivity index (χ0n) is 20.9. The third kappa shape index (κ3) is 4.48. The molecule has 3 aromatic rings. The molecule has 2 amide bonds. The molecule has 0 spiro atoms. The fraction of sp³-hybridized carbons (Fsp3) is 0.448. The highest BCUT2D eigenvalue weighted by atomic mass is 16.2. The van der Waals surface area contributed by atoms with Crippen LogP contribution in [0.3, 0.4) is 0 Å². The number of carbonyl (C=O) groups is 2. The van der Waals surface area contributed by atoms with Crippen molar-refractivity contribution >= 4 is 23.1 Å². The summed E-state index contributed by atoms with van der Waals surface area (Å²) in [6.07, 6.45) is 6.79. The number of benzene rings is 1. The summed E-state index contributed by atoms with van der Waals surface area (Å²) in [5, 5.41) is 0. The first-order chi connectivity index (χ1) is 17.7. The number of carbonyl (C=O) groups excluding carboxylic acids is 2. The summed E-state index contributed by atoms with van der Waals surface area (Å²) in [6, 6.07) is 18.4. The van der Waals surface area contributed by atoms with Gasteiger partial charge in [-0.15, -0.1) is 0 Å². The maximum atomic E-state index is 13.4. The van der Waals surface area contributed by atoms with Crippen LogP contribution in [0.4, 0.5) is 5.82 Å². The molecule has 1 aromatic carbocycles. The van der Waals surface area contributed by atoms with E-state index in [0.717, 1.165) is 61.5 Å². The highest BCUT2D eigenvalue weighted by molar-refractivity contribution is 5.95. The van der Waals surface area contributed by atoms with Crippen molar-refractivity contribution in [3.63, 3.8) is 0 Å². The first-order valence-corrected chi connectivity index (χ1v) is 13.4. The first-order valence-electron chi connectivity index (χ1n) is 13.4. The summed E-state index contributed by atoms with van der Waals surface area (Å²) in [6.45, 7) is 7.04. The average molecular weight is 486 g/mol. The number of hydrogen-bond acceptors (Lipinski definition) is 4.